The van der Waals surface area contributed by atoms with E-state index in [1.807, 2.05) is 13.0 Å². The van der Waals surface area contributed by atoms with E-state index in [9.17, 15) is 13.7 Å². The van der Waals surface area contributed by atoms with E-state index in [4.69, 9.17) is 11.3 Å². The van der Waals surface area contributed by atoms with Gasteiger partial charge in [-0.05, 0) is 91.6 Å². The van der Waals surface area contributed by atoms with Crippen molar-refractivity contribution < 1.29 is 18.5 Å². The van der Waals surface area contributed by atoms with Crippen LogP contribution in [0.1, 0.15) is 75.8 Å². The van der Waals surface area contributed by atoms with Crippen LogP contribution in [0.2, 0.25) is 0 Å². The number of hydroxylamine groups is 1. The van der Waals surface area contributed by atoms with Gasteiger partial charge in [-0.3, -0.25) is 9.63 Å². The summed E-state index contributed by atoms with van der Waals surface area (Å²) in [5, 5.41) is -0.280. The molecule has 1 aromatic rings. The minimum Gasteiger partial charge on any atom is -0.295 e. The Morgan fingerprint density at radius 1 is 1.23 bits per heavy atom. The molecule has 35 heavy (non-hydrogen) atoms. The van der Waals surface area contributed by atoms with Gasteiger partial charge in [0.25, 0.3) is 6.30 Å². The van der Waals surface area contributed by atoms with E-state index < -0.39 is 12.4 Å². The van der Waals surface area contributed by atoms with E-state index in [1.165, 1.54) is 22.3 Å². The fourth-order valence-electron chi connectivity index (χ4n) is 7.32. The normalized spacial score (nSPS) is 32.9. The van der Waals surface area contributed by atoms with Gasteiger partial charge in [0, 0.05) is 23.0 Å². The first kappa shape index (κ1) is 24.2. The third kappa shape index (κ3) is 4.11. The van der Waals surface area contributed by atoms with Crippen LogP contribution in [0.5, 0.6) is 0 Å². The van der Waals surface area contributed by atoms with E-state index in [0.29, 0.717) is 24.7 Å². The molecule has 0 aliphatic heterocycles. The van der Waals surface area contributed by atoms with Crippen LogP contribution in [0.15, 0.2) is 53.6 Å². The predicted octanol–water partition coefficient (Wildman–Crippen LogP) is 7.03. The lowest BCUT2D eigenvalue weighted by molar-refractivity contribution is -0.351. The number of halogens is 2. The number of terminal acetylenes is 1. The standard InChI is InChI=1S/C30H33F2NO2/c1-5-28(31)33(32)35-27-15-14-26-24-12-10-21-16-22(34)11-13-23(21)29(24)25(17-30(26,27)4)20-8-6-19(7-9-20)18(2)3/h1,6-9,16,24-28H,2,10-15,17H2,3-4H3. The van der Waals surface area contributed by atoms with Crippen LogP contribution < -0.4 is 0 Å². The number of allylic oxidation sites excluding steroid dienone is 5. The van der Waals surface area contributed by atoms with Crippen LogP contribution in [0.4, 0.5) is 8.87 Å². The predicted molar refractivity (Wildman–Crippen MR) is 133 cm³/mol. The number of nitrogens with zero attached hydrogens (tertiary/aromatic N) is 1. The Kier molecular flexibility index (Phi) is 6.32. The average Bonchev–Trinajstić information content (AvgIpc) is 3.18. The zero-order valence-corrected chi connectivity index (χ0v) is 20.5. The van der Waals surface area contributed by atoms with E-state index in [2.05, 4.69) is 37.8 Å². The molecule has 2 saturated carbocycles. The van der Waals surface area contributed by atoms with Crippen molar-refractivity contribution in [1.82, 2.24) is 5.29 Å². The first-order valence-electron chi connectivity index (χ1n) is 12.7. The molecule has 0 spiro atoms. The number of rotatable bonds is 5. The number of carbonyl (C=O) groups is 1. The second-order valence-electron chi connectivity index (χ2n) is 10.9. The van der Waals surface area contributed by atoms with Crippen LogP contribution in [-0.4, -0.2) is 23.5 Å². The largest absolute Gasteiger partial charge is 0.295 e. The first-order valence-corrected chi connectivity index (χ1v) is 12.7. The average molecular weight is 478 g/mol. The summed E-state index contributed by atoms with van der Waals surface area (Å²) in [6.07, 6.45) is 9.85. The molecule has 6 atom stereocenters. The molecule has 3 nitrogen and oxygen atoms in total. The van der Waals surface area contributed by atoms with E-state index in [0.717, 1.165) is 43.2 Å². The Morgan fingerprint density at radius 3 is 2.66 bits per heavy atom. The van der Waals surface area contributed by atoms with Crippen molar-refractivity contribution in [1.29, 1.82) is 0 Å². The molecule has 0 heterocycles. The molecule has 0 saturated heterocycles. The number of hydrogen-bond donors (Lipinski definition) is 0. The molecule has 0 N–H and O–H groups in total. The Balaban J connectivity index is 1.57. The summed E-state index contributed by atoms with van der Waals surface area (Å²) in [5.74, 6) is 2.78. The summed E-state index contributed by atoms with van der Waals surface area (Å²) in [6.45, 7) is 8.23. The Bertz CT molecular complexity index is 1140. The van der Waals surface area contributed by atoms with Crippen molar-refractivity contribution in [2.24, 2.45) is 17.3 Å². The lowest BCUT2D eigenvalue weighted by atomic mass is 9.53. The molecular weight excluding hydrogens is 444 g/mol. The van der Waals surface area contributed by atoms with Gasteiger partial charge in [0.2, 0.25) is 0 Å². The summed E-state index contributed by atoms with van der Waals surface area (Å²) < 4.78 is 28.1. The van der Waals surface area contributed by atoms with Gasteiger partial charge in [-0.15, -0.1) is 10.9 Å². The van der Waals surface area contributed by atoms with Crippen LogP contribution in [-0.2, 0) is 9.63 Å². The number of ketones is 1. The number of benzene rings is 1. The Labute approximate surface area is 206 Å². The number of carbonyl (C=O) groups excluding carboxylic acids is 1. The molecule has 2 fully saturated rings. The van der Waals surface area contributed by atoms with Gasteiger partial charge in [0.05, 0.1) is 6.10 Å². The number of alkyl halides is 1. The van der Waals surface area contributed by atoms with Gasteiger partial charge in [-0.2, -0.15) is 0 Å². The highest BCUT2D eigenvalue weighted by Gasteiger charge is 2.58. The summed E-state index contributed by atoms with van der Waals surface area (Å²) >= 11 is 0. The molecule has 0 radical (unpaired) electrons. The van der Waals surface area contributed by atoms with Gasteiger partial charge in [-0.1, -0.05) is 48.9 Å². The summed E-state index contributed by atoms with van der Waals surface area (Å²) in [7, 11) is 0. The smallest absolute Gasteiger partial charge is 0.267 e. The molecule has 0 aromatic heterocycles. The van der Waals surface area contributed by atoms with Crippen molar-refractivity contribution in [2.75, 3.05) is 0 Å². The van der Waals surface area contributed by atoms with Gasteiger partial charge in [0.15, 0.2) is 5.78 Å². The topological polar surface area (TPSA) is 29.5 Å². The zero-order valence-electron chi connectivity index (χ0n) is 20.5. The van der Waals surface area contributed by atoms with Crippen LogP contribution in [0, 0.1) is 29.6 Å². The minimum absolute atomic E-state index is 0.137. The fraction of sp³-hybridized carbons (Fsp3) is 0.500. The number of fused-ring (bicyclic) bond motifs is 4. The highest BCUT2D eigenvalue weighted by atomic mass is 19.2. The zero-order chi connectivity index (χ0) is 24.9. The van der Waals surface area contributed by atoms with Crippen molar-refractivity contribution in [3.8, 4) is 12.3 Å². The summed E-state index contributed by atoms with van der Waals surface area (Å²) in [6, 6.07) is 8.58. The van der Waals surface area contributed by atoms with Crippen molar-refractivity contribution in [3.05, 3.63) is 64.8 Å². The first-order chi connectivity index (χ1) is 16.7. The highest BCUT2D eigenvalue weighted by Crippen LogP contribution is 2.64. The van der Waals surface area contributed by atoms with Gasteiger partial charge < -0.3 is 0 Å². The molecule has 1 aromatic carbocycles. The van der Waals surface area contributed by atoms with Gasteiger partial charge in [-0.25, -0.2) is 4.39 Å². The van der Waals surface area contributed by atoms with E-state index >= 15 is 0 Å². The highest BCUT2D eigenvalue weighted by molar-refractivity contribution is 5.93. The summed E-state index contributed by atoms with van der Waals surface area (Å²) in [4.78, 5) is 17.7. The van der Waals surface area contributed by atoms with Crippen molar-refractivity contribution in [3.63, 3.8) is 0 Å². The quantitative estimate of drug-likeness (QED) is 0.197. The molecule has 5 heteroatoms. The van der Waals surface area contributed by atoms with E-state index in [-0.39, 0.29) is 22.4 Å². The maximum atomic E-state index is 14.3. The van der Waals surface area contributed by atoms with E-state index in [1.54, 1.807) is 5.92 Å². The molecule has 4 aliphatic rings. The van der Waals surface area contributed by atoms with Crippen molar-refractivity contribution >= 4 is 11.4 Å². The van der Waals surface area contributed by atoms with Crippen LogP contribution in [0.3, 0.4) is 0 Å². The molecule has 184 valence electrons. The van der Waals surface area contributed by atoms with Crippen LogP contribution in [0.25, 0.3) is 5.57 Å². The summed E-state index contributed by atoms with van der Waals surface area (Å²) in [5.41, 5.74) is 7.05. The van der Waals surface area contributed by atoms with Gasteiger partial charge >= 0.3 is 0 Å². The molecule has 0 bridgehead atoms. The van der Waals surface area contributed by atoms with Gasteiger partial charge in [0.1, 0.15) is 0 Å². The SMILES string of the molecule is C#CC(F)N(F)OC1CCC2C3CCC4=CC(=O)CCC4=C3C(c3ccc(C(=C)C)cc3)CC12C. The Hall–Kier alpha value is -2.55. The monoisotopic (exact) mass is 477 g/mol. The van der Waals surface area contributed by atoms with Crippen LogP contribution >= 0.6 is 0 Å². The second kappa shape index (κ2) is 9.15. The lowest BCUT2D eigenvalue weighted by Gasteiger charge is -2.52. The third-order valence-electron chi connectivity index (χ3n) is 8.99. The fourth-order valence-corrected chi connectivity index (χ4v) is 7.32. The van der Waals surface area contributed by atoms with Crippen molar-refractivity contribution in [2.45, 2.75) is 77.1 Å². The molecular formula is C30H33F2NO2. The maximum Gasteiger partial charge on any atom is 0.267 e. The lowest BCUT2D eigenvalue weighted by Crippen LogP contribution is -2.47. The second-order valence-corrected chi connectivity index (χ2v) is 10.9. The molecule has 5 rings (SSSR count). The number of hydrogen-bond acceptors (Lipinski definition) is 3. The minimum atomic E-state index is -2.22. The third-order valence-corrected chi connectivity index (χ3v) is 8.99. The molecule has 6 unspecified atom stereocenters. The maximum absolute atomic E-state index is 14.3. The molecule has 4 aliphatic carbocycles. The molecule has 0 amide bonds. The Morgan fingerprint density at radius 2 is 1.97 bits per heavy atom.